The highest BCUT2D eigenvalue weighted by Gasteiger charge is 2.23. The number of hydrogen-bond donors (Lipinski definition) is 1. The van der Waals surface area contributed by atoms with Crippen LogP contribution in [0.3, 0.4) is 0 Å². The standard InChI is InChI=1S/C18H25N3O4/c1-11(2)25-15-8-6-13(10-16(15)24-5)12(3)19-18(23)14-7-9-17(22)21(4)20-14/h6,8,10-12H,7,9H2,1-5H3,(H,19,23)/t12-/m0/s1. The monoisotopic (exact) mass is 347 g/mol. The number of amides is 2. The highest BCUT2D eigenvalue weighted by atomic mass is 16.5. The van der Waals surface area contributed by atoms with Gasteiger partial charge in [0.05, 0.1) is 19.3 Å². The van der Waals surface area contributed by atoms with Gasteiger partial charge in [0.1, 0.15) is 5.71 Å². The third-order valence-electron chi connectivity index (χ3n) is 3.87. The van der Waals surface area contributed by atoms with Gasteiger partial charge in [-0.3, -0.25) is 9.59 Å². The molecule has 1 aliphatic heterocycles. The van der Waals surface area contributed by atoms with Crippen molar-refractivity contribution in [2.45, 2.75) is 45.8 Å². The molecule has 1 atom stereocenters. The lowest BCUT2D eigenvalue weighted by Crippen LogP contribution is -2.38. The van der Waals surface area contributed by atoms with E-state index in [0.29, 0.717) is 30.1 Å². The Kier molecular flexibility index (Phi) is 6.01. The van der Waals surface area contributed by atoms with Crippen molar-refractivity contribution in [3.8, 4) is 11.5 Å². The average molecular weight is 347 g/mol. The molecule has 0 unspecified atom stereocenters. The van der Waals surface area contributed by atoms with Crippen molar-refractivity contribution < 1.29 is 19.1 Å². The predicted molar refractivity (Wildman–Crippen MR) is 94.8 cm³/mol. The van der Waals surface area contributed by atoms with E-state index < -0.39 is 0 Å². The number of carbonyl (C=O) groups is 2. The minimum atomic E-state index is -0.270. The summed E-state index contributed by atoms with van der Waals surface area (Å²) in [5.74, 6) is 0.924. The van der Waals surface area contributed by atoms with Crippen LogP contribution < -0.4 is 14.8 Å². The van der Waals surface area contributed by atoms with E-state index in [1.807, 2.05) is 39.0 Å². The largest absolute Gasteiger partial charge is 0.493 e. The molecule has 0 saturated heterocycles. The lowest BCUT2D eigenvalue weighted by atomic mass is 10.1. The lowest BCUT2D eigenvalue weighted by Gasteiger charge is -2.21. The zero-order valence-corrected chi connectivity index (χ0v) is 15.3. The van der Waals surface area contributed by atoms with Gasteiger partial charge in [-0.1, -0.05) is 6.07 Å². The van der Waals surface area contributed by atoms with Crippen LogP contribution in [0, 0.1) is 0 Å². The van der Waals surface area contributed by atoms with Crippen LogP contribution in [0.5, 0.6) is 11.5 Å². The van der Waals surface area contributed by atoms with Crippen LogP contribution in [-0.2, 0) is 9.59 Å². The minimum absolute atomic E-state index is 0.0425. The van der Waals surface area contributed by atoms with Gasteiger partial charge in [0.15, 0.2) is 11.5 Å². The molecule has 0 saturated carbocycles. The minimum Gasteiger partial charge on any atom is -0.493 e. The molecule has 1 aromatic carbocycles. The van der Waals surface area contributed by atoms with Gasteiger partial charge >= 0.3 is 0 Å². The molecule has 7 heteroatoms. The Labute approximate surface area is 148 Å². The van der Waals surface area contributed by atoms with E-state index in [2.05, 4.69) is 10.4 Å². The van der Waals surface area contributed by atoms with Crippen molar-refractivity contribution in [2.24, 2.45) is 5.10 Å². The van der Waals surface area contributed by atoms with Gasteiger partial charge in [-0.2, -0.15) is 5.10 Å². The maximum absolute atomic E-state index is 12.4. The molecule has 0 radical (unpaired) electrons. The van der Waals surface area contributed by atoms with Crippen molar-refractivity contribution in [3.63, 3.8) is 0 Å². The fourth-order valence-corrected chi connectivity index (χ4v) is 2.50. The van der Waals surface area contributed by atoms with Gasteiger partial charge in [-0.25, -0.2) is 5.01 Å². The Bertz CT molecular complexity index is 685. The fraction of sp³-hybridized carbons (Fsp3) is 0.500. The SMILES string of the molecule is COc1cc([C@H](C)NC(=O)C2=NN(C)C(=O)CC2)ccc1OC(C)C. The third-order valence-corrected chi connectivity index (χ3v) is 3.87. The molecule has 0 bridgehead atoms. The molecule has 0 aliphatic carbocycles. The van der Waals surface area contributed by atoms with E-state index in [4.69, 9.17) is 9.47 Å². The Balaban J connectivity index is 2.10. The number of hydrogen-bond acceptors (Lipinski definition) is 5. The summed E-state index contributed by atoms with van der Waals surface area (Å²) in [5, 5.41) is 8.16. The molecule has 136 valence electrons. The number of carbonyl (C=O) groups excluding carboxylic acids is 2. The fourth-order valence-electron chi connectivity index (χ4n) is 2.50. The quantitative estimate of drug-likeness (QED) is 0.856. The maximum atomic E-state index is 12.4. The van der Waals surface area contributed by atoms with Crippen molar-refractivity contribution in [1.29, 1.82) is 0 Å². The number of hydrazone groups is 1. The summed E-state index contributed by atoms with van der Waals surface area (Å²) < 4.78 is 11.1. The second-order valence-corrected chi connectivity index (χ2v) is 6.24. The molecular formula is C18H25N3O4. The van der Waals surface area contributed by atoms with E-state index in [0.717, 1.165) is 5.56 Å². The number of benzene rings is 1. The van der Waals surface area contributed by atoms with Gasteiger partial charge in [0.25, 0.3) is 5.91 Å². The van der Waals surface area contributed by atoms with Crippen LogP contribution >= 0.6 is 0 Å². The molecule has 0 fully saturated rings. The van der Waals surface area contributed by atoms with E-state index in [-0.39, 0.29) is 24.0 Å². The Morgan fingerprint density at radius 1 is 1.24 bits per heavy atom. The Morgan fingerprint density at radius 3 is 2.56 bits per heavy atom. The van der Waals surface area contributed by atoms with Crippen molar-refractivity contribution in [3.05, 3.63) is 23.8 Å². The van der Waals surface area contributed by atoms with Crippen LogP contribution in [0.15, 0.2) is 23.3 Å². The van der Waals surface area contributed by atoms with E-state index in [1.165, 1.54) is 5.01 Å². The summed E-state index contributed by atoms with van der Waals surface area (Å²) in [6, 6.07) is 5.34. The topological polar surface area (TPSA) is 80.2 Å². The number of nitrogens with zero attached hydrogens (tertiary/aromatic N) is 2. The first kappa shape index (κ1) is 18.8. The zero-order chi connectivity index (χ0) is 18.6. The molecule has 25 heavy (non-hydrogen) atoms. The van der Waals surface area contributed by atoms with Gasteiger partial charge < -0.3 is 14.8 Å². The smallest absolute Gasteiger partial charge is 0.267 e. The van der Waals surface area contributed by atoms with Gasteiger partial charge in [0, 0.05) is 19.9 Å². The molecule has 2 rings (SSSR count). The van der Waals surface area contributed by atoms with Crippen LogP contribution in [0.1, 0.15) is 45.2 Å². The van der Waals surface area contributed by atoms with Gasteiger partial charge in [-0.05, 0) is 38.5 Å². The average Bonchev–Trinajstić information content (AvgIpc) is 2.57. The molecule has 0 spiro atoms. The number of rotatable bonds is 6. The molecule has 1 N–H and O–H groups in total. The maximum Gasteiger partial charge on any atom is 0.267 e. The van der Waals surface area contributed by atoms with Crippen LogP contribution in [0.4, 0.5) is 0 Å². The van der Waals surface area contributed by atoms with Gasteiger partial charge in [-0.15, -0.1) is 0 Å². The predicted octanol–water partition coefficient (Wildman–Crippen LogP) is 2.27. The molecule has 7 nitrogen and oxygen atoms in total. The van der Waals surface area contributed by atoms with Crippen molar-refractivity contribution in [2.75, 3.05) is 14.2 Å². The molecule has 2 amide bonds. The summed E-state index contributed by atoms with van der Waals surface area (Å²) >= 11 is 0. The van der Waals surface area contributed by atoms with Crippen LogP contribution in [0.2, 0.25) is 0 Å². The van der Waals surface area contributed by atoms with Crippen molar-refractivity contribution in [1.82, 2.24) is 10.3 Å². The number of nitrogens with one attached hydrogen (secondary N) is 1. The number of methoxy groups -OCH3 is 1. The summed E-state index contributed by atoms with van der Waals surface area (Å²) in [5.41, 5.74) is 1.25. The molecular weight excluding hydrogens is 322 g/mol. The van der Waals surface area contributed by atoms with Crippen LogP contribution in [-0.4, -0.2) is 42.8 Å². The molecule has 0 aromatic heterocycles. The third kappa shape index (κ3) is 4.71. The van der Waals surface area contributed by atoms with E-state index in [1.54, 1.807) is 14.2 Å². The summed E-state index contributed by atoms with van der Waals surface area (Å²) in [7, 11) is 3.13. The first-order chi connectivity index (χ1) is 11.8. The summed E-state index contributed by atoms with van der Waals surface area (Å²) in [4.78, 5) is 23.8. The second kappa shape index (κ2) is 8.00. The Morgan fingerprint density at radius 2 is 1.96 bits per heavy atom. The zero-order valence-electron chi connectivity index (χ0n) is 15.3. The molecule has 1 aliphatic rings. The lowest BCUT2D eigenvalue weighted by molar-refractivity contribution is -0.130. The Hall–Kier alpha value is -2.57. The van der Waals surface area contributed by atoms with E-state index >= 15 is 0 Å². The van der Waals surface area contributed by atoms with Crippen LogP contribution in [0.25, 0.3) is 0 Å². The van der Waals surface area contributed by atoms with Gasteiger partial charge in [0.2, 0.25) is 5.91 Å². The summed E-state index contributed by atoms with van der Waals surface area (Å²) in [6.45, 7) is 5.78. The first-order valence-electron chi connectivity index (χ1n) is 8.31. The number of ether oxygens (including phenoxy) is 2. The first-order valence-corrected chi connectivity index (χ1v) is 8.31. The normalized spacial score (nSPS) is 15.7. The summed E-state index contributed by atoms with van der Waals surface area (Å²) in [6.07, 6.45) is 0.694. The molecule has 1 heterocycles. The highest BCUT2D eigenvalue weighted by Crippen LogP contribution is 2.31. The van der Waals surface area contributed by atoms with Crippen molar-refractivity contribution >= 4 is 17.5 Å². The highest BCUT2D eigenvalue weighted by molar-refractivity contribution is 6.39. The molecule has 1 aromatic rings. The second-order valence-electron chi connectivity index (χ2n) is 6.24. The van der Waals surface area contributed by atoms with E-state index in [9.17, 15) is 9.59 Å².